The summed E-state index contributed by atoms with van der Waals surface area (Å²) in [5.74, 6) is 0.729. The second kappa shape index (κ2) is 8.50. The van der Waals surface area contributed by atoms with Gasteiger partial charge in [-0.15, -0.1) is 0 Å². The number of nitrogens with zero attached hydrogens (tertiary/aromatic N) is 5. The van der Waals surface area contributed by atoms with Gasteiger partial charge in [0.25, 0.3) is 0 Å². The van der Waals surface area contributed by atoms with Crippen LogP contribution in [0.3, 0.4) is 0 Å². The lowest BCUT2D eigenvalue weighted by molar-refractivity contribution is 0.0187. The Kier molecular flexibility index (Phi) is 5.64. The first kappa shape index (κ1) is 18.6. The highest BCUT2D eigenvalue weighted by Crippen LogP contribution is 2.22. The third-order valence-electron chi connectivity index (χ3n) is 4.95. The molecule has 1 aliphatic rings. The number of aryl methyl sites for hydroxylation is 1. The van der Waals surface area contributed by atoms with Crippen LogP contribution in [0.25, 0.3) is 16.9 Å². The zero-order valence-electron chi connectivity index (χ0n) is 16.3. The number of para-hydroxylation sites is 1. The molecule has 2 aromatic heterocycles. The number of rotatable bonds is 6. The van der Waals surface area contributed by atoms with Crippen molar-refractivity contribution in [3.63, 3.8) is 0 Å². The van der Waals surface area contributed by atoms with E-state index in [1.165, 1.54) is 5.56 Å². The fourth-order valence-electron chi connectivity index (χ4n) is 3.39. The highest BCUT2D eigenvalue weighted by molar-refractivity contribution is 5.59. The summed E-state index contributed by atoms with van der Waals surface area (Å²) in [5.41, 5.74) is 4.08. The van der Waals surface area contributed by atoms with Gasteiger partial charge in [0.05, 0.1) is 30.3 Å². The van der Waals surface area contributed by atoms with Crippen molar-refractivity contribution < 1.29 is 9.47 Å². The van der Waals surface area contributed by atoms with Crippen molar-refractivity contribution >= 4 is 5.95 Å². The van der Waals surface area contributed by atoms with Gasteiger partial charge < -0.3 is 14.4 Å². The number of aromatic nitrogens is 4. The summed E-state index contributed by atoms with van der Waals surface area (Å²) in [4.78, 5) is 11.4. The summed E-state index contributed by atoms with van der Waals surface area (Å²) in [6.45, 7) is 5.01. The van der Waals surface area contributed by atoms with Crippen molar-refractivity contribution in [1.82, 2.24) is 19.7 Å². The van der Waals surface area contributed by atoms with Crippen LogP contribution in [0.1, 0.15) is 12.0 Å². The fraction of sp³-hybridized carbons (Fsp3) is 0.381. The molecule has 1 atom stereocenters. The van der Waals surface area contributed by atoms with E-state index < -0.39 is 0 Å². The molecule has 1 saturated heterocycles. The molecule has 0 bridgehead atoms. The molecule has 1 aliphatic heterocycles. The van der Waals surface area contributed by atoms with Crippen molar-refractivity contribution in [3.8, 4) is 16.9 Å². The van der Waals surface area contributed by atoms with Crippen LogP contribution in [0.15, 0.2) is 48.9 Å². The van der Waals surface area contributed by atoms with Crippen LogP contribution >= 0.6 is 0 Å². The minimum Gasteiger partial charge on any atom is -0.385 e. The number of anilines is 1. The van der Waals surface area contributed by atoms with E-state index in [0.717, 1.165) is 42.4 Å². The van der Waals surface area contributed by atoms with Crippen LogP contribution in [-0.4, -0.2) is 59.3 Å². The Morgan fingerprint density at radius 2 is 2.14 bits per heavy atom. The van der Waals surface area contributed by atoms with Crippen LogP contribution in [0, 0.1) is 6.92 Å². The predicted octanol–water partition coefficient (Wildman–Crippen LogP) is 2.88. The lowest BCUT2D eigenvalue weighted by atomic mass is 10.2. The zero-order valence-corrected chi connectivity index (χ0v) is 16.3. The first-order chi connectivity index (χ1) is 13.7. The second-order valence-electron chi connectivity index (χ2n) is 6.92. The molecule has 7 nitrogen and oxygen atoms in total. The minimum absolute atomic E-state index is 0.143. The molecule has 28 heavy (non-hydrogen) atoms. The van der Waals surface area contributed by atoms with Crippen LogP contribution in [0.4, 0.5) is 5.95 Å². The molecule has 0 saturated carbocycles. The van der Waals surface area contributed by atoms with E-state index >= 15 is 0 Å². The van der Waals surface area contributed by atoms with Gasteiger partial charge in [0, 0.05) is 44.8 Å². The molecule has 0 aliphatic carbocycles. The van der Waals surface area contributed by atoms with Gasteiger partial charge in [-0.05, 0) is 31.0 Å². The van der Waals surface area contributed by atoms with Gasteiger partial charge in [0.2, 0.25) is 5.95 Å². The monoisotopic (exact) mass is 379 g/mol. The number of hydrogen-bond donors (Lipinski definition) is 0. The minimum atomic E-state index is 0.143. The van der Waals surface area contributed by atoms with Gasteiger partial charge in [-0.1, -0.05) is 18.2 Å². The van der Waals surface area contributed by atoms with E-state index in [1.54, 1.807) is 7.11 Å². The number of methoxy groups -OCH3 is 1. The molecule has 0 spiro atoms. The van der Waals surface area contributed by atoms with E-state index in [4.69, 9.17) is 14.5 Å². The molecule has 0 amide bonds. The molecule has 0 N–H and O–H groups in total. The molecule has 1 aromatic carbocycles. The first-order valence-corrected chi connectivity index (χ1v) is 9.54. The van der Waals surface area contributed by atoms with Gasteiger partial charge >= 0.3 is 0 Å². The average molecular weight is 379 g/mol. The molecule has 0 radical (unpaired) electrons. The lowest BCUT2D eigenvalue weighted by Crippen LogP contribution is -2.43. The van der Waals surface area contributed by atoms with Gasteiger partial charge in [0.1, 0.15) is 0 Å². The van der Waals surface area contributed by atoms with Gasteiger partial charge in [-0.2, -0.15) is 5.10 Å². The van der Waals surface area contributed by atoms with Gasteiger partial charge in [0.15, 0.2) is 0 Å². The average Bonchev–Trinajstić information content (AvgIpc) is 3.23. The van der Waals surface area contributed by atoms with Crippen molar-refractivity contribution in [2.24, 2.45) is 0 Å². The molecular weight excluding hydrogens is 354 g/mol. The quantitative estimate of drug-likeness (QED) is 0.656. The topological polar surface area (TPSA) is 65.3 Å². The lowest BCUT2D eigenvalue weighted by Gasteiger charge is -2.33. The predicted molar refractivity (Wildman–Crippen MR) is 108 cm³/mol. The summed E-state index contributed by atoms with van der Waals surface area (Å²) in [5, 5.41) is 4.52. The van der Waals surface area contributed by atoms with E-state index in [1.807, 2.05) is 41.5 Å². The molecule has 3 heterocycles. The van der Waals surface area contributed by atoms with Crippen molar-refractivity contribution in [2.45, 2.75) is 19.4 Å². The van der Waals surface area contributed by atoms with E-state index in [9.17, 15) is 0 Å². The molecular formula is C21H25N5O2. The van der Waals surface area contributed by atoms with Gasteiger partial charge in [-0.3, -0.25) is 0 Å². The Balaban J connectivity index is 1.54. The van der Waals surface area contributed by atoms with E-state index in [0.29, 0.717) is 13.2 Å². The summed E-state index contributed by atoms with van der Waals surface area (Å²) in [6, 6.07) is 10.1. The Bertz CT molecular complexity index is 926. The number of ether oxygens (including phenoxy) is 2. The Labute approximate surface area is 164 Å². The molecule has 1 fully saturated rings. The van der Waals surface area contributed by atoms with Crippen LogP contribution in [0.5, 0.6) is 0 Å². The number of morpholine rings is 1. The number of hydrogen-bond acceptors (Lipinski definition) is 6. The maximum absolute atomic E-state index is 5.82. The first-order valence-electron chi connectivity index (χ1n) is 9.54. The summed E-state index contributed by atoms with van der Waals surface area (Å²) >= 11 is 0. The standard InChI is InChI=1S/C21H25N5O2/c1-16-5-3-4-6-20(16)26-14-17(13-23-26)19-7-9-22-21(24-19)25-10-12-28-18(15-25)8-11-27-2/h3-7,9,13-14,18H,8,10-12,15H2,1-2H3/t18-/m1/s1. The van der Waals surface area contributed by atoms with Crippen LogP contribution in [0.2, 0.25) is 0 Å². The fourth-order valence-corrected chi connectivity index (χ4v) is 3.39. The highest BCUT2D eigenvalue weighted by Gasteiger charge is 2.22. The zero-order chi connectivity index (χ0) is 19.3. The molecule has 4 rings (SSSR count). The van der Waals surface area contributed by atoms with Crippen LogP contribution in [-0.2, 0) is 9.47 Å². The molecule has 0 unspecified atom stereocenters. The maximum atomic E-state index is 5.82. The second-order valence-corrected chi connectivity index (χ2v) is 6.92. The van der Waals surface area contributed by atoms with Gasteiger partial charge in [-0.25, -0.2) is 14.6 Å². The smallest absolute Gasteiger partial charge is 0.226 e. The highest BCUT2D eigenvalue weighted by atomic mass is 16.5. The van der Waals surface area contributed by atoms with E-state index in [-0.39, 0.29) is 6.10 Å². The normalized spacial score (nSPS) is 17.1. The van der Waals surface area contributed by atoms with Crippen molar-refractivity contribution in [2.75, 3.05) is 38.3 Å². The Hall–Kier alpha value is -2.77. The summed E-state index contributed by atoms with van der Waals surface area (Å²) in [7, 11) is 1.71. The number of benzene rings is 1. The van der Waals surface area contributed by atoms with Crippen molar-refractivity contribution in [3.05, 3.63) is 54.5 Å². The summed E-state index contributed by atoms with van der Waals surface area (Å²) in [6.07, 6.45) is 6.68. The SMILES string of the molecule is COCC[C@@H]1CN(c2nccc(-c3cnn(-c4ccccc4C)c3)n2)CCO1. The van der Waals surface area contributed by atoms with E-state index in [2.05, 4.69) is 34.0 Å². The Morgan fingerprint density at radius 3 is 3.00 bits per heavy atom. The van der Waals surface area contributed by atoms with Crippen LogP contribution < -0.4 is 4.90 Å². The maximum Gasteiger partial charge on any atom is 0.226 e. The summed E-state index contributed by atoms with van der Waals surface area (Å²) < 4.78 is 12.9. The molecule has 146 valence electrons. The molecule has 3 aromatic rings. The molecule has 7 heteroatoms. The van der Waals surface area contributed by atoms with Crippen molar-refractivity contribution in [1.29, 1.82) is 0 Å². The largest absolute Gasteiger partial charge is 0.385 e. The Morgan fingerprint density at radius 1 is 1.25 bits per heavy atom. The third-order valence-corrected chi connectivity index (χ3v) is 4.95. The third kappa shape index (κ3) is 4.05.